The van der Waals surface area contributed by atoms with E-state index >= 15 is 0 Å². The third-order valence-corrected chi connectivity index (χ3v) is 4.36. The van der Waals surface area contributed by atoms with Crippen LogP contribution in [-0.2, 0) is 11.3 Å². The van der Waals surface area contributed by atoms with Crippen molar-refractivity contribution in [3.63, 3.8) is 0 Å². The van der Waals surface area contributed by atoms with E-state index in [0.29, 0.717) is 43.3 Å². The molecule has 130 valence electrons. The summed E-state index contributed by atoms with van der Waals surface area (Å²) in [6, 6.07) is 10.9. The summed E-state index contributed by atoms with van der Waals surface area (Å²) in [5.74, 6) is 1.03. The largest absolute Gasteiger partial charge is 0.496 e. The lowest BCUT2D eigenvalue weighted by molar-refractivity contribution is -0.0130. The Kier molecular flexibility index (Phi) is 5.49. The average molecular weight is 340 g/mol. The molecule has 3 rings (SSSR count). The Bertz CT molecular complexity index is 764. The molecule has 2 aromatic rings. The van der Waals surface area contributed by atoms with Crippen LogP contribution in [0.2, 0.25) is 0 Å². The van der Waals surface area contributed by atoms with E-state index in [9.17, 15) is 4.79 Å². The topological polar surface area (TPSA) is 75.7 Å². The molecule has 6 heteroatoms. The van der Waals surface area contributed by atoms with Gasteiger partial charge >= 0.3 is 0 Å². The number of benzene rings is 1. The minimum Gasteiger partial charge on any atom is -0.496 e. The first-order chi connectivity index (χ1) is 12.2. The molecule has 0 radical (unpaired) electrons. The molecule has 25 heavy (non-hydrogen) atoms. The number of carbonyl (C=O) groups excluding carboxylic acids is 1. The summed E-state index contributed by atoms with van der Waals surface area (Å²) in [6.45, 7) is 2.50. The molecule has 1 fully saturated rings. The van der Waals surface area contributed by atoms with Crippen LogP contribution in [-0.4, -0.2) is 43.6 Å². The number of nitrogens with zero attached hydrogens (tertiary/aromatic N) is 2. The maximum atomic E-state index is 12.3. The van der Waals surface area contributed by atoms with Gasteiger partial charge < -0.3 is 13.9 Å². The van der Waals surface area contributed by atoms with Crippen molar-refractivity contribution in [2.45, 2.75) is 19.0 Å². The van der Waals surface area contributed by atoms with Crippen LogP contribution in [0.4, 0.5) is 0 Å². The van der Waals surface area contributed by atoms with E-state index < -0.39 is 0 Å². The van der Waals surface area contributed by atoms with Crippen LogP contribution in [0, 0.1) is 11.3 Å². The molecule has 1 saturated heterocycles. The molecule has 0 unspecified atom stereocenters. The number of nitriles is 1. The number of rotatable bonds is 6. The number of furan rings is 1. The van der Waals surface area contributed by atoms with Gasteiger partial charge in [-0.3, -0.25) is 9.69 Å². The fourth-order valence-electron chi connectivity index (χ4n) is 3.00. The van der Waals surface area contributed by atoms with Crippen molar-refractivity contribution < 1.29 is 18.7 Å². The van der Waals surface area contributed by atoms with Crippen LogP contribution in [0.1, 0.15) is 28.1 Å². The second-order valence-electron chi connectivity index (χ2n) is 5.94. The third-order valence-electron chi connectivity index (χ3n) is 4.36. The smallest absolute Gasteiger partial charge is 0.199 e. The van der Waals surface area contributed by atoms with Crippen molar-refractivity contribution >= 4 is 5.78 Å². The summed E-state index contributed by atoms with van der Waals surface area (Å²) >= 11 is 0. The lowest BCUT2D eigenvalue weighted by Gasteiger charge is -2.35. The minimum atomic E-state index is -0.0303. The van der Waals surface area contributed by atoms with Gasteiger partial charge in [0.1, 0.15) is 5.75 Å². The fourth-order valence-corrected chi connectivity index (χ4v) is 3.00. The lowest BCUT2D eigenvalue weighted by Crippen LogP contribution is -2.45. The number of Topliss-reactive ketones (excluding diaryl/α,β-unsaturated/α-hetero) is 1. The average Bonchev–Trinajstić information content (AvgIpc) is 3.18. The highest BCUT2D eigenvalue weighted by Gasteiger charge is 2.27. The van der Waals surface area contributed by atoms with Crippen LogP contribution in [0.3, 0.4) is 0 Å². The van der Waals surface area contributed by atoms with Gasteiger partial charge in [-0.2, -0.15) is 5.26 Å². The molecule has 1 aromatic carbocycles. The van der Waals surface area contributed by atoms with Gasteiger partial charge in [-0.25, -0.2) is 0 Å². The molecular weight excluding hydrogens is 320 g/mol. The molecular formula is C19H20N2O4. The molecule has 6 nitrogen and oxygen atoms in total. The number of methoxy groups -OCH3 is 1. The Labute approximate surface area is 146 Å². The molecule has 2 heterocycles. The van der Waals surface area contributed by atoms with Gasteiger partial charge in [-0.1, -0.05) is 6.07 Å². The Morgan fingerprint density at radius 1 is 1.44 bits per heavy atom. The summed E-state index contributed by atoms with van der Waals surface area (Å²) in [4.78, 5) is 14.6. The molecule has 0 amide bonds. The zero-order valence-electron chi connectivity index (χ0n) is 14.1. The number of carbonyl (C=O) groups is 1. The summed E-state index contributed by atoms with van der Waals surface area (Å²) < 4.78 is 16.2. The Morgan fingerprint density at radius 3 is 3.04 bits per heavy atom. The van der Waals surface area contributed by atoms with Gasteiger partial charge in [0.25, 0.3) is 0 Å². The number of ether oxygens (including phenoxy) is 2. The Balaban J connectivity index is 1.73. The molecule has 0 bridgehead atoms. The van der Waals surface area contributed by atoms with Crippen molar-refractivity contribution in [1.29, 1.82) is 5.26 Å². The number of morpholine rings is 1. The molecule has 0 saturated carbocycles. The standard InChI is InChI=1S/C19H20N2O4/c1-23-19-9-14(11-20)4-5-15(19)12-21-6-8-24-13-16(21)10-17(22)18-3-2-7-25-18/h2-5,7,9,16H,6,8,10,12-13H2,1H3/t16-/m1/s1. The molecule has 1 aromatic heterocycles. The van der Waals surface area contributed by atoms with E-state index in [1.165, 1.54) is 6.26 Å². The first-order valence-corrected chi connectivity index (χ1v) is 8.16. The first-order valence-electron chi connectivity index (χ1n) is 8.16. The quantitative estimate of drug-likeness (QED) is 0.753. The SMILES string of the molecule is COc1cc(C#N)ccc1CN1CCOC[C@H]1CC(=O)c1ccco1. The molecule has 1 aliphatic rings. The highest BCUT2D eigenvalue weighted by molar-refractivity contribution is 5.93. The second kappa shape index (κ2) is 7.97. The summed E-state index contributed by atoms with van der Waals surface area (Å²) in [5, 5.41) is 9.02. The van der Waals surface area contributed by atoms with Gasteiger partial charge in [-0.15, -0.1) is 0 Å². The molecule has 0 N–H and O–H groups in total. The van der Waals surface area contributed by atoms with Crippen molar-refractivity contribution in [3.05, 3.63) is 53.5 Å². The molecule has 0 spiro atoms. The van der Waals surface area contributed by atoms with Crippen LogP contribution in [0.5, 0.6) is 5.75 Å². The van der Waals surface area contributed by atoms with Crippen molar-refractivity contribution in [2.24, 2.45) is 0 Å². The predicted molar refractivity (Wildman–Crippen MR) is 90.4 cm³/mol. The predicted octanol–water partition coefficient (Wildman–Crippen LogP) is 2.63. The maximum absolute atomic E-state index is 12.3. The van der Waals surface area contributed by atoms with E-state index in [0.717, 1.165) is 12.1 Å². The zero-order valence-corrected chi connectivity index (χ0v) is 14.1. The van der Waals surface area contributed by atoms with Crippen LogP contribution >= 0.6 is 0 Å². The van der Waals surface area contributed by atoms with Gasteiger partial charge in [0.2, 0.25) is 0 Å². The highest BCUT2D eigenvalue weighted by atomic mass is 16.5. The summed E-state index contributed by atoms with van der Waals surface area (Å²) in [7, 11) is 1.59. The first kappa shape index (κ1) is 17.2. The molecule has 1 atom stereocenters. The second-order valence-corrected chi connectivity index (χ2v) is 5.94. The summed E-state index contributed by atoms with van der Waals surface area (Å²) in [5.41, 5.74) is 1.55. The van der Waals surface area contributed by atoms with Crippen LogP contribution in [0.15, 0.2) is 41.0 Å². The summed E-state index contributed by atoms with van der Waals surface area (Å²) in [6.07, 6.45) is 1.84. The van der Waals surface area contributed by atoms with Crippen molar-refractivity contribution in [2.75, 3.05) is 26.9 Å². The minimum absolute atomic E-state index is 0.0216. The van der Waals surface area contributed by atoms with E-state index in [1.54, 1.807) is 31.4 Å². The van der Waals surface area contributed by atoms with Gasteiger partial charge in [0, 0.05) is 31.1 Å². The number of hydrogen-bond donors (Lipinski definition) is 0. The Hall–Kier alpha value is -2.62. The van der Waals surface area contributed by atoms with E-state index in [4.69, 9.17) is 19.2 Å². The van der Waals surface area contributed by atoms with Crippen LogP contribution < -0.4 is 4.74 Å². The highest BCUT2D eigenvalue weighted by Crippen LogP contribution is 2.24. The van der Waals surface area contributed by atoms with E-state index in [1.807, 2.05) is 6.07 Å². The third kappa shape index (κ3) is 4.08. The van der Waals surface area contributed by atoms with E-state index in [-0.39, 0.29) is 11.8 Å². The monoisotopic (exact) mass is 340 g/mol. The van der Waals surface area contributed by atoms with E-state index in [2.05, 4.69) is 11.0 Å². The maximum Gasteiger partial charge on any atom is 0.199 e. The van der Waals surface area contributed by atoms with Crippen LogP contribution in [0.25, 0.3) is 0 Å². The van der Waals surface area contributed by atoms with Crippen molar-refractivity contribution in [3.8, 4) is 11.8 Å². The van der Waals surface area contributed by atoms with Gasteiger partial charge in [0.15, 0.2) is 11.5 Å². The molecule has 0 aliphatic carbocycles. The van der Waals surface area contributed by atoms with Gasteiger partial charge in [0.05, 0.1) is 38.2 Å². The number of ketones is 1. The Morgan fingerprint density at radius 2 is 2.32 bits per heavy atom. The fraction of sp³-hybridized carbons (Fsp3) is 0.368. The molecule has 1 aliphatic heterocycles. The van der Waals surface area contributed by atoms with Crippen molar-refractivity contribution in [1.82, 2.24) is 4.90 Å². The number of hydrogen-bond acceptors (Lipinski definition) is 6. The normalized spacial score (nSPS) is 17.8. The lowest BCUT2D eigenvalue weighted by atomic mass is 10.0. The zero-order chi connectivity index (χ0) is 17.6. The van der Waals surface area contributed by atoms with Gasteiger partial charge in [-0.05, 0) is 24.3 Å².